The van der Waals surface area contributed by atoms with Crippen LogP contribution < -0.4 is 0 Å². The minimum atomic E-state index is -0.388. The van der Waals surface area contributed by atoms with Gasteiger partial charge >= 0.3 is 0 Å². The van der Waals surface area contributed by atoms with Gasteiger partial charge in [0.2, 0.25) is 0 Å². The van der Waals surface area contributed by atoms with Gasteiger partial charge in [-0.05, 0) is 40.0 Å². The minimum Gasteiger partial charge on any atom is -0.388 e. The van der Waals surface area contributed by atoms with Crippen LogP contribution in [0.15, 0.2) is 22.7 Å². The summed E-state index contributed by atoms with van der Waals surface area (Å²) < 4.78 is 0.866. The summed E-state index contributed by atoms with van der Waals surface area (Å²) >= 11 is 9.25. The predicted octanol–water partition coefficient (Wildman–Crippen LogP) is 4.33. The van der Waals surface area contributed by atoms with Gasteiger partial charge in [-0.2, -0.15) is 0 Å². The monoisotopic (exact) mass is 276 g/mol. The summed E-state index contributed by atoms with van der Waals surface area (Å²) in [6, 6.07) is 5.58. The SMILES string of the molecule is CCCCC(O)c1ccc(Br)c(Cl)c1. The van der Waals surface area contributed by atoms with Crippen LogP contribution >= 0.6 is 27.5 Å². The smallest absolute Gasteiger partial charge is 0.0790 e. The molecule has 0 aromatic heterocycles. The summed E-state index contributed by atoms with van der Waals surface area (Å²) in [6.45, 7) is 2.11. The summed E-state index contributed by atoms with van der Waals surface area (Å²) in [4.78, 5) is 0. The molecule has 1 unspecified atom stereocenters. The fraction of sp³-hybridized carbons (Fsp3) is 0.455. The predicted molar refractivity (Wildman–Crippen MR) is 63.6 cm³/mol. The number of unbranched alkanes of at least 4 members (excludes halogenated alkanes) is 1. The molecule has 0 aliphatic carbocycles. The molecule has 14 heavy (non-hydrogen) atoms. The lowest BCUT2D eigenvalue weighted by atomic mass is 10.0. The lowest BCUT2D eigenvalue weighted by molar-refractivity contribution is 0.164. The van der Waals surface area contributed by atoms with E-state index in [0.29, 0.717) is 5.02 Å². The molecule has 1 N–H and O–H groups in total. The summed E-state index contributed by atoms with van der Waals surface area (Å²) in [5.74, 6) is 0. The van der Waals surface area contributed by atoms with Crippen LogP contribution in [0, 0.1) is 0 Å². The third-order valence-electron chi connectivity index (χ3n) is 2.16. The van der Waals surface area contributed by atoms with Crippen molar-refractivity contribution in [3.63, 3.8) is 0 Å². The van der Waals surface area contributed by atoms with Crippen LogP contribution in [0.5, 0.6) is 0 Å². The molecule has 1 rings (SSSR count). The molecule has 0 heterocycles. The molecule has 0 saturated heterocycles. The van der Waals surface area contributed by atoms with Gasteiger partial charge in [0.1, 0.15) is 0 Å². The molecule has 0 radical (unpaired) electrons. The highest BCUT2D eigenvalue weighted by atomic mass is 79.9. The molecule has 3 heteroatoms. The zero-order valence-corrected chi connectivity index (χ0v) is 10.5. The number of aliphatic hydroxyl groups is 1. The van der Waals surface area contributed by atoms with Gasteiger partial charge in [-0.25, -0.2) is 0 Å². The normalized spacial score (nSPS) is 12.9. The third kappa shape index (κ3) is 3.26. The molecular weight excluding hydrogens is 263 g/mol. The van der Waals surface area contributed by atoms with Crippen molar-refractivity contribution in [2.45, 2.75) is 32.3 Å². The molecule has 0 saturated carbocycles. The van der Waals surface area contributed by atoms with Crippen LogP contribution in [0.25, 0.3) is 0 Å². The van der Waals surface area contributed by atoms with Crippen LogP contribution in [0.3, 0.4) is 0 Å². The molecule has 0 fully saturated rings. The number of halogens is 2. The van der Waals surface area contributed by atoms with Crippen LogP contribution in [-0.2, 0) is 0 Å². The third-order valence-corrected chi connectivity index (χ3v) is 3.39. The van der Waals surface area contributed by atoms with E-state index in [-0.39, 0.29) is 6.10 Å². The van der Waals surface area contributed by atoms with Crippen molar-refractivity contribution >= 4 is 27.5 Å². The second-order valence-corrected chi connectivity index (χ2v) is 4.59. The van der Waals surface area contributed by atoms with Crippen molar-refractivity contribution < 1.29 is 5.11 Å². The molecular formula is C11H14BrClO. The molecule has 1 aromatic carbocycles. The Morgan fingerprint density at radius 2 is 2.21 bits per heavy atom. The second kappa shape index (κ2) is 5.74. The van der Waals surface area contributed by atoms with E-state index >= 15 is 0 Å². The van der Waals surface area contributed by atoms with Crippen molar-refractivity contribution in [3.8, 4) is 0 Å². The maximum Gasteiger partial charge on any atom is 0.0790 e. The Balaban J connectivity index is 2.70. The molecule has 0 aliphatic rings. The van der Waals surface area contributed by atoms with Gasteiger partial charge in [0, 0.05) is 4.47 Å². The van der Waals surface area contributed by atoms with Crippen molar-refractivity contribution in [2.75, 3.05) is 0 Å². The fourth-order valence-electron chi connectivity index (χ4n) is 1.28. The van der Waals surface area contributed by atoms with E-state index in [4.69, 9.17) is 11.6 Å². The number of rotatable bonds is 4. The van der Waals surface area contributed by atoms with Crippen LogP contribution in [-0.4, -0.2) is 5.11 Å². The van der Waals surface area contributed by atoms with Gasteiger partial charge in [-0.3, -0.25) is 0 Å². The van der Waals surface area contributed by atoms with E-state index < -0.39 is 0 Å². The van der Waals surface area contributed by atoms with E-state index in [1.165, 1.54) is 0 Å². The maximum absolute atomic E-state index is 9.79. The zero-order chi connectivity index (χ0) is 10.6. The Morgan fingerprint density at radius 3 is 2.79 bits per heavy atom. The zero-order valence-electron chi connectivity index (χ0n) is 8.13. The molecule has 78 valence electrons. The Bertz CT molecular complexity index is 301. The lowest BCUT2D eigenvalue weighted by Gasteiger charge is -2.10. The molecule has 0 aliphatic heterocycles. The van der Waals surface area contributed by atoms with Crippen LogP contribution in [0.4, 0.5) is 0 Å². The minimum absolute atomic E-state index is 0.388. The van der Waals surface area contributed by atoms with Gasteiger partial charge in [-0.15, -0.1) is 0 Å². The fourth-order valence-corrected chi connectivity index (χ4v) is 1.72. The molecule has 0 amide bonds. The standard InChI is InChI=1S/C11H14BrClO/c1-2-3-4-11(14)8-5-6-9(12)10(13)7-8/h5-7,11,14H,2-4H2,1H3. The van der Waals surface area contributed by atoms with E-state index in [0.717, 1.165) is 29.3 Å². The van der Waals surface area contributed by atoms with E-state index in [1.807, 2.05) is 18.2 Å². The Hall–Kier alpha value is -0.0500. The van der Waals surface area contributed by atoms with Gasteiger partial charge in [0.25, 0.3) is 0 Å². The average molecular weight is 278 g/mol. The highest BCUT2D eigenvalue weighted by molar-refractivity contribution is 9.10. The van der Waals surface area contributed by atoms with Gasteiger partial charge in [-0.1, -0.05) is 37.4 Å². The number of hydrogen-bond donors (Lipinski definition) is 1. The van der Waals surface area contributed by atoms with Gasteiger partial charge in [0.15, 0.2) is 0 Å². The topological polar surface area (TPSA) is 20.2 Å². The quantitative estimate of drug-likeness (QED) is 0.868. The van der Waals surface area contributed by atoms with Gasteiger partial charge < -0.3 is 5.11 Å². The number of benzene rings is 1. The summed E-state index contributed by atoms with van der Waals surface area (Å²) in [5, 5.41) is 10.4. The molecule has 0 bridgehead atoms. The van der Waals surface area contributed by atoms with E-state index in [1.54, 1.807) is 0 Å². The lowest BCUT2D eigenvalue weighted by Crippen LogP contribution is -1.96. The van der Waals surface area contributed by atoms with E-state index in [9.17, 15) is 5.11 Å². The highest BCUT2D eigenvalue weighted by Gasteiger charge is 2.08. The van der Waals surface area contributed by atoms with Crippen LogP contribution in [0.2, 0.25) is 5.02 Å². The van der Waals surface area contributed by atoms with Crippen molar-refractivity contribution in [1.82, 2.24) is 0 Å². The summed E-state index contributed by atoms with van der Waals surface area (Å²) in [6.07, 6.45) is 2.55. The summed E-state index contributed by atoms with van der Waals surface area (Å²) in [5.41, 5.74) is 0.895. The molecule has 1 aromatic rings. The molecule has 1 atom stereocenters. The maximum atomic E-state index is 9.79. The Morgan fingerprint density at radius 1 is 1.50 bits per heavy atom. The average Bonchev–Trinajstić information content (AvgIpc) is 2.18. The first-order valence-electron chi connectivity index (χ1n) is 4.78. The first-order valence-corrected chi connectivity index (χ1v) is 5.95. The van der Waals surface area contributed by atoms with E-state index in [2.05, 4.69) is 22.9 Å². The van der Waals surface area contributed by atoms with Crippen LogP contribution in [0.1, 0.15) is 37.9 Å². The number of aliphatic hydroxyl groups excluding tert-OH is 1. The largest absolute Gasteiger partial charge is 0.388 e. The Kier molecular flexibility index (Phi) is 4.93. The molecule has 1 nitrogen and oxygen atoms in total. The Labute approximate surface area is 98.2 Å². The van der Waals surface area contributed by atoms with Crippen molar-refractivity contribution in [3.05, 3.63) is 33.3 Å². The highest BCUT2D eigenvalue weighted by Crippen LogP contribution is 2.27. The first kappa shape index (κ1) is 12.0. The number of hydrogen-bond acceptors (Lipinski definition) is 1. The summed E-state index contributed by atoms with van der Waals surface area (Å²) in [7, 11) is 0. The van der Waals surface area contributed by atoms with Gasteiger partial charge in [0.05, 0.1) is 11.1 Å². The molecule has 0 spiro atoms. The second-order valence-electron chi connectivity index (χ2n) is 3.33. The van der Waals surface area contributed by atoms with Crippen molar-refractivity contribution in [2.24, 2.45) is 0 Å². The first-order chi connectivity index (χ1) is 6.65. The van der Waals surface area contributed by atoms with Crippen molar-refractivity contribution in [1.29, 1.82) is 0 Å².